The monoisotopic (exact) mass is 363 g/mol. The van der Waals surface area contributed by atoms with Gasteiger partial charge in [0.15, 0.2) is 0 Å². The summed E-state index contributed by atoms with van der Waals surface area (Å²) in [4.78, 5) is 0. The summed E-state index contributed by atoms with van der Waals surface area (Å²) >= 11 is 8.40. The van der Waals surface area contributed by atoms with Gasteiger partial charge < -0.3 is 5.73 Å². The fourth-order valence-electron chi connectivity index (χ4n) is 1.44. The molecule has 0 aliphatic carbocycles. The fourth-order valence-corrected chi connectivity index (χ4v) is 4.37. The van der Waals surface area contributed by atoms with Crippen molar-refractivity contribution in [3.05, 3.63) is 54.8 Å². The molecule has 1 nitrogen and oxygen atoms in total. The van der Waals surface area contributed by atoms with Crippen molar-refractivity contribution in [3.63, 3.8) is 0 Å². The summed E-state index contributed by atoms with van der Waals surface area (Å²) in [7, 11) is 0. The lowest BCUT2D eigenvalue weighted by Crippen LogP contribution is -2.11. The van der Waals surface area contributed by atoms with Crippen molar-refractivity contribution in [2.45, 2.75) is 6.04 Å². The molecule has 0 aliphatic heterocycles. The summed E-state index contributed by atoms with van der Waals surface area (Å²) in [6.07, 6.45) is 0. The average molecular weight is 365 g/mol. The van der Waals surface area contributed by atoms with Gasteiger partial charge >= 0.3 is 0 Å². The SMILES string of the molecule is NC(c1cccc(F)c1)c1cc(Br)sc1Br. The van der Waals surface area contributed by atoms with Crippen LogP contribution in [0.3, 0.4) is 0 Å². The van der Waals surface area contributed by atoms with Gasteiger partial charge in [0.05, 0.1) is 13.6 Å². The van der Waals surface area contributed by atoms with E-state index in [4.69, 9.17) is 5.73 Å². The highest BCUT2D eigenvalue weighted by Gasteiger charge is 2.15. The van der Waals surface area contributed by atoms with Gasteiger partial charge in [0.2, 0.25) is 0 Å². The van der Waals surface area contributed by atoms with E-state index in [0.29, 0.717) is 0 Å². The molecule has 0 amide bonds. The van der Waals surface area contributed by atoms with Crippen molar-refractivity contribution in [1.29, 1.82) is 0 Å². The summed E-state index contributed by atoms with van der Waals surface area (Å²) in [5.74, 6) is -0.265. The molecule has 0 aliphatic rings. The Morgan fingerprint density at radius 3 is 2.56 bits per heavy atom. The first-order valence-corrected chi connectivity index (χ1v) is 6.94. The molecule has 0 bridgehead atoms. The largest absolute Gasteiger partial charge is 0.320 e. The van der Waals surface area contributed by atoms with Gasteiger partial charge in [-0.1, -0.05) is 12.1 Å². The normalized spacial score (nSPS) is 12.8. The van der Waals surface area contributed by atoms with Crippen molar-refractivity contribution in [2.75, 3.05) is 0 Å². The first-order valence-electron chi connectivity index (χ1n) is 4.53. The number of rotatable bonds is 2. The maximum atomic E-state index is 13.1. The second kappa shape index (κ2) is 4.96. The van der Waals surface area contributed by atoms with Crippen molar-refractivity contribution in [3.8, 4) is 0 Å². The zero-order valence-corrected chi connectivity index (χ0v) is 12.1. The summed E-state index contributed by atoms with van der Waals surface area (Å²) < 4.78 is 15.0. The molecule has 1 unspecified atom stereocenters. The quantitative estimate of drug-likeness (QED) is 0.836. The van der Waals surface area contributed by atoms with E-state index in [2.05, 4.69) is 31.9 Å². The highest BCUT2D eigenvalue weighted by molar-refractivity contribution is 9.12. The Labute approximate surface area is 114 Å². The molecule has 16 heavy (non-hydrogen) atoms. The minimum absolute atomic E-state index is 0.265. The molecule has 5 heteroatoms. The predicted molar refractivity (Wildman–Crippen MR) is 72.1 cm³/mol. The van der Waals surface area contributed by atoms with Crippen LogP contribution in [0, 0.1) is 5.82 Å². The number of hydrogen-bond acceptors (Lipinski definition) is 2. The number of halogens is 3. The second-order valence-electron chi connectivity index (χ2n) is 3.31. The maximum absolute atomic E-state index is 13.1. The van der Waals surface area contributed by atoms with Crippen molar-refractivity contribution in [2.24, 2.45) is 5.73 Å². The van der Waals surface area contributed by atoms with Gasteiger partial charge in [0.25, 0.3) is 0 Å². The van der Waals surface area contributed by atoms with Crippen molar-refractivity contribution < 1.29 is 4.39 Å². The van der Waals surface area contributed by atoms with Crippen LogP contribution >= 0.6 is 43.2 Å². The molecule has 1 atom stereocenters. The van der Waals surface area contributed by atoms with Gasteiger partial charge in [-0.05, 0) is 61.2 Å². The molecule has 1 aromatic heterocycles. The Morgan fingerprint density at radius 1 is 1.25 bits per heavy atom. The molecule has 84 valence electrons. The average Bonchev–Trinajstić information content (AvgIpc) is 2.57. The lowest BCUT2D eigenvalue weighted by Gasteiger charge is -2.11. The smallest absolute Gasteiger partial charge is 0.123 e. The molecule has 2 rings (SSSR count). The molecule has 0 saturated carbocycles. The van der Waals surface area contributed by atoms with E-state index < -0.39 is 0 Å². The molecular weight excluding hydrogens is 357 g/mol. The Kier molecular flexibility index (Phi) is 3.79. The lowest BCUT2D eigenvalue weighted by molar-refractivity contribution is 0.623. The van der Waals surface area contributed by atoms with Gasteiger partial charge in [0, 0.05) is 0 Å². The highest BCUT2D eigenvalue weighted by Crippen LogP contribution is 2.36. The van der Waals surface area contributed by atoms with E-state index in [0.717, 1.165) is 18.7 Å². The summed E-state index contributed by atoms with van der Waals surface area (Å²) in [6, 6.07) is 8.00. The van der Waals surface area contributed by atoms with E-state index in [9.17, 15) is 4.39 Å². The molecule has 0 fully saturated rings. The summed E-state index contributed by atoms with van der Waals surface area (Å²) in [5, 5.41) is 0. The Balaban J connectivity index is 2.38. The molecule has 2 aromatic rings. The van der Waals surface area contributed by atoms with E-state index in [1.54, 1.807) is 17.4 Å². The van der Waals surface area contributed by atoms with Gasteiger partial charge in [-0.15, -0.1) is 11.3 Å². The number of hydrogen-bond donors (Lipinski definition) is 1. The molecule has 0 saturated heterocycles. The molecule has 0 radical (unpaired) electrons. The zero-order valence-electron chi connectivity index (χ0n) is 8.08. The molecule has 0 spiro atoms. The van der Waals surface area contributed by atoms with E-state index >= 15 is 0 Å². The van der Waals surface area contributed by atoms with Crippen LogP contribution in [0.4, 0.5) is 4.39 Å². The summed E-state index contributed by atoms with van der Waals surface area (Å²) in [6.45, 7) is 0. The van der Waals surface area contributed by atoms with Crippen LogP contribution in [-0.2, 0) is 0 Å². The van der Waals surface area contributed by atoms with Crippen LogP contribution in [0.5, 0.6) is 0 Å². The maximum Gasteiger partial charge on any atom is 0.123 e. The number of thiophene rings is 1. The lowest BCUT2D eigenvalue weighted by atomic mass is 10.0. The number of nitrogens with two attached hydrogens (primary N) is 1. The highest BCUT2D eigenvalue weighted by atomic mass is 79.9. The fraction of sp³-hybridized carbons (Fsp3) is 0.0909. The zero-order chi connectivity index (χ0) is 11.7. The minimum atomic E-state index is -0.312. The topological polar surface area (TPSA) is 26.0 Å². The van der Waals surface area contributed by atoms with Crippen LogP contribution < -0.4 is 5.73 Å². The van der Waals surface area contributed by atoms with E-state index in [1.165, 1.54) is 12.1 Å². The first kappa shape index (κ1) is 12.2. The third-order valence-electron chi connectivity index (χ3n) is 2.23. The third-order valence-corrected chi connectivity index (χ3v) is 4.61. The minimum Gasteiger partial charge on any atom is -0.320 e. The Morgan fingerprint density at radius 2 is 2.00 bits per heavy atom. The van der Waals surface area contributed by atoms with Crippen LogP contribution in [0.2, 0.25) is 0 Å². The Hall–Kier alpha value is -0.230. The van der Waals surface area contributed by atoms with E-state index in [-0.39, 0.29) is 11.9 Å². The first-order chi connectivity index (χ1) is 7.58. The predicted octanol–water partition coefficient (Wildman–Crippen LogP) is 4.46. The van der Waals surface area contributed by atoms with Crippen molar-refractivity contribution in [1.82, 2.24) is 0 Å². The summed E-state index contributed by atoms with van der Waals surface area (Å²) in [5.41, 5.74) is 7.82. The number of benzene rings is 1. The molecule has 1 aromatic carbocycles. The van der Waals surface area contributed by atoms with Crippen LogP contribution in [-0.4, -0.2) is 0 Å². The second-order valence-corrected chi connectivity index (χ2v) is 7.06. The van der Waals surface area contributed by atoms with Gasteiger partial charge in [-0.2, -0.15) is 0 Å². The van der Waals surface area contributed by atoms with Gasteiger partial charge in [0.1, 0.15) is 5.82 Å². The standard InChI is InChI=1S/C11H8Br2FNS/c12-9-5-8(11(13)16-9)10(15)6-2-1-3-7(14)4-6/h1-5,10H,15H2. The van der Waals surface area contributed by atoms with Crippen LogP contribution in [0.15, 0.2) is 37.9 Å². The van der Waals surface area contributed by atoms with E-state index in [1.807, 2.05) is 12.1 Å². The Bertz CT molecular complexity index is 512. The van der Waals surface area contributed by atoms with Crippen molar-refractivity contribution >= 4 is 43.2 Å². The molecule has 2 N–H and O–H groups in total. The van der Waals surface area contributed by atoms with Crippen LogP contribution in [0.25, 0.3) is 0 Å². The van der Waals surface area contributed by atoms with Gasteiger partial charge in [-0.3, -0.25) is 0 Å². The molecular formula is C11H8Br2FNS. The van der Waals surface area contributed by atoms with Gasteiger partial charge in [-0.25, -0.2) is 4.39 Å². The molecule has 1 heterocycles. The third kappa shape index (κ3) is 2.53. The van der Waals surface area contributed by atoms with Crippen LogP contribution in [0.1, 0.15) is 17.2 Å².